The van der Waals surface area contributed by atoms with Gasteiger partial charge in [-0.25, -0.2) is 22.7 Å². The standard InChI is InChI=1S/C20H18N4O3S.C19H15N3O2.C8H8O2/c1-13-18(11-14-12-21-19-6-4-3-5-17(14)19)20(25)24(22-13)16-9-7-15(8-10-16)23-28(2,26)27;1-22-11-13(15-4-2-3-5-17(15)22)10-16-18(21-24-19(16)23)12-6-8-14(20)9-7-12;1-6-2-4-7(5-3-6)8(9)10/h3-12,22-23H,1-2H3;2-11H,20H2,1H3;2-5H,1H3,(H,9,10). The van der Waals surface area contributed by atoms with E-state index in [9.17, 15) is 22.8 Å². The molecule has 5 N–H and O–H groups in total. The van der Waals surface area contributed by atoms with E-state index in [1.54, 1.807) is 66.9 Å². The number of H-pyrrole nitrogens is 1. The lowest BCUT2D eigenvalue weighted by Gasteiger charge is -2.05. The molecule has 0 radical (unpaired) electrons. The summed E-state index contributed by atoms with van der Waals surface area (Å²) in [6.45, 7) is 3.76. The van der Waals surface area contributed by atoms with Gasteiger partial charge in [-0.05, 0) is 86.7 Å². The van der Waals surface area contributed by atoms with Gasteiger partial charge >= 0.3 is 11.9 Å². The van der Waals surface area contributed by atoms with E-state index in [4.69, 9.17) is 15.7 Å². The highest BCUT2D eigenvalue weighted by Gasteiger charge is 2.27. The van der Waals surface area contributed by atoms with Crippen LogP contribution in [-0.2, 0) is 26.7 Å². The third-order valence-electron chi connectivity index (χ3n) is 9.81. The minimum absolute atomic E-state index is 0.188. The summed E-state index contributed by atoms with van der Waals surface area (Å²) in [4.78, 5) is 44.7. The maximum absolute atomic E-state index is 12.9. The zero-order valence-electron chi connectivity index (χ0n) is 34.0. The first-order valence-corrected chi connectivity index (χ1v) is 21.0. The number of anilines is 2. The number of aromatic nitrogens is 3. The number of fused-ring (bicyclic) bond motifs is 2. The number of para-hydroxylation sites is 2. The van der Waals surface area contributed by atoms with E-state index in [1.165, 1.54) is 4.68 Å². The molecule has 15 heteroatoms. The maximum atomic E-state index is 12.9. The van der Waals surface area contributed by atoms with Crippen LogP contribution >= 0.6 is 0 Å². The van der Waals surface area contributed by atoms with E-state index in [0.29, 0.717) is 39.5 Å². The van der Waals surface area contributed by atoms with Crippen LogP contribution in [0.5, 0.6) is 0 Å². The van der Waals surface area contributed by atoms with Gasteiger partial charge < -0.3 is 20.2 Å². The predicted molar refractivity (Wildman–Crippen MR) is 245 cm³/mol. The molecule has 0 atom stereocenters. The summed E-state index contributed by atoms with van der Waals surface area (Å²) in [5, 5.41) is 16.6. The number of carbonyl (C=O) groups excluding carboxylic acids is 1. The number of hydrogen-bond acceptors (Lipinski definition) is 9. The van der Waals surface area contributed by atoms with Crippen molar-refractivity contribution in [3.8, 4) is 5.69 Å². The molecular weight excluding hydrogens is 807 g/mol. The van der Waals surface area contributed by atoms with Gasteiger partial charge in [0.2, 0.25) is 10.0 Å². The van der Waals surface area contributed by atoms with Crippen LogP contribution in [0.1, 0.15) is 43.9 Å². The van der Waals surface area contributed by atoms with Crippen molar-refractivity contribution in [2.45, 2.75) is 13.8 Å². The van der Waals surface area contributed by atoms with E-state index < -0.39 is 22.0 Å². The minimum atomic E-state index is -3.35. The van der Waals surface area contributed by atoms with Gasteiger partial charge in [0, 0.05) is 69.7 Å². The number of sulfonamides is 1. The molecule has 312 valence electrons. The quantitative estimate of drug-likeness (QED) is 0.0704. The highest BCUT2D eigenvalue weighted by Crippen LogP contribution is 2.32. The number of nitrogens with two attached hydrogens (primary N) is 1. The van der Waals surface area contributed by atoms with Gasteiger partial charge in [0.1, 0.15) is 5.71 Å². The molecule has 62 heavy (non-hydrogen) atoms. The number of allylic oxidation sites excluding steroid dienone is 1. The number of hydrogen-bond donors (Lipinski definition) is 4. The van der Waals surface area contributed by atoms with Crippen LogP contribution in [0.3, 0.4) is 0 Å². The summed E-state index contributed by atoms with van der Waals surface area (Å²) in [7, 11) is -1.37. The average molecular weight is 848 g/mol. The molecule has 0 bridgehead atoms. The smallest absolute Gasteiger partial charge is 0.368 e. The molecule has 7 aromatic rings. The van der Waals surface area contributed by atoms with Gasteiger partial charge in [0.05, 0.1) is 34.3 Å². The number of carboxylic acid groups (broad SMARTS) is 1. The largest absolute Gasteiger partial charge is 0.478 e. The molecule has 0 aliphatic carbocycles. The lowest BCUT2D eigenvalue weighted by molar-refractivity contribution is -0.136. The number of rotatable bonds is 7. The van der Waals surface area contributed by atoms with Crippen molar-refractivity contribution in [1.82, 2.24) is 14.3 Å². The molecule has 0 spiro atoms. The highest BCUT2D eigenvalue weighted by molar-refractivity contribution is 7.92. The van der Waals surface area contributed by atoms with Crippen LogP contribution in [-0.4, -0.2) is 58.0 Å². The average Bonchev–Trinajstić information content (AvgIpc) is 4.00. The molecule has 0 fully saturated rings. The first kappa shape index (κ1) is 42.1. The maximum Gasteiger partial charge on any atom is 0.368 e. The highest BCUT2D eigenvalue weighted by atomic mass is 32.2. The Hall–Kier alpha value is -8.04. The molecule has 9 rings (SSSR count). The second-order valence-corrected chi connectivity index (χ2v) is 16.2. The number of aromatic carboxylic acids is 1. The van der Waals surface area contributed by atoms with Crippen LogP contribution in [0.2, 0.25) is 0 Å². The van der Waals surface area contributed by atoms with Crippen LogP contribution in [0, 0.1) is 13.8 Å². The third-order valence-corrected chi connectivity index (χ3v) is 10.4. The zero-order valence-corrected chi connectivity index (χ0v) is 34.8. The lowest BCUT2D eigenvalue weighted by atomic mass is 10.0. The summed E-state index contributed by atoms with van der Waals surface area (Å²) >= 11 is 0. The number of nitrogens with one attached hydrogen (secondary N) is 2. The van der Waals surface area contributed by atoms with E-state index in [2.05, 4.69) is 20.0 Å². The van der Waals surface area contributed by atoms with Gasteiger partial charge in [-0.3, -0.25) is 19.6 Å². The van der Waals surface area contributed by atoms with Crippen LogP contribution in [0.4, 0.5) is 17.1 Å². The fourth-order valence-corrected chi connectivity index (χ4v) is 7.28. The third kappa shape index (κ3) is 9.54. The fourth-order valence-electron chi connectivity index (χ4n) is 6.71. The van der Waals surface area contributed by atoms with Crippen molar-refractivity contribution in [3.05, 3.63) is 183 Å². The fraction of sp³-hybridized carbons (Fsp3) is 0.0851. The molecule has 4 heterocycles. The minimum Gasteiger partial charge on any atom is -0.478 e. The van der Waals surface area contributed by atoms with Gasteiger partial charge in [0.25, 0.3) is 5.56 Å². The molecule has 2 aliphatic heterocycles. The van der Waals surface area contributed by atoms with Crippen LogP contribution in [0.25, 0.3) is 34.3 Å². The molecule has 0 amide bonds. The van der Waals surface area contributed by atoms with Crippen LogP contribution < -0.4 is 16.0 Å². The van der Waals surface area contributed by atoms with Crippen molar-refractivity contribution in [2.24, 2.45) is 17.2 Å². The number of aryl methyl sites for hydroxylation is 3. The van der Waals surface area contributed by atoms with Crippen molar-refractivity contribution in [3.63, 3.8) is 0 Å². The Morgan fingerprint density at radius 3 is 2.24 bits per heavy atom. The summed E-state index contributed by atoms with van der Waals surface area (Å²) in [5.74, 6) is -1.32. The summed E-state index contributed by atoms with van der Waals surface area (Å²) < 4.78 is 28.5. The topological polar surface area (TPSA) is 203 Å². The normalized spacial score (nSPS) is 14.1. The van der Waals surface area contributed by atoms with Crippen molar-refractivity contribution in [2.75, 3.05) is 16.7 Å². The molecule has 0 saturated heterocycles. The second kappa shape index (κ2) is 17.7. The molecule has 2 aliphatic rings. The molecule has 0 saturated carbocycles. The van der Waals surface area contributed by atoms with E-state index >= 15 is 0 Å². The first-order valence-electron chi connectivity index (χ1n) is 19.1. The SMILES string of the molecule is Cc1[nH]n(-c2ccc(NS(C)(=O)=O)cc2)c(=O)c1C=C1C=Nc2ccccc21.Cc1ccc(C(=O)O)cc1.Cn1cc(C=C2C(=O)ON=C2c2ccc(N)cc2)c2ccccc21. The number of carboxylic acids is 1. The lowest BCUT2D eigenvalue weighted by Crippen LogP contribution is -2.16. The summed E-state index contributed by atoms with van der Waals surface area (Å²) in [6.07, 6.45) is 8.49. The van der Waals surface area contributed by atoms with Gasteiger partial charge in [-0.2, -0.15) is 0 Å². The van der Waals surface area contributed by atoms with Gasteiger partial charge in [0.15, 0.2) is 0 Å². The Morgan fingerprint density at radius 2 is 1.55 bits per heavy atom. The number of carbonyl (C=O) groups is 2. The number of oxime groups is 1. The van der Waals surface area contributed by atoms with Crippen LogP contribution in [0.15, 0.2) is 148 Å². The number of aromatic amines is 1. The van der Waals surface area contributed by atoms with Gasteiger partial charge in [-0.1, -0.05) is 71.4 Å². The Labute approximate surface area is 356 Å². The van der Waals surface area contributed by atoms with E-state index in [1.807, 2.05) is 104 Å². The second-order valence-electron chi connectivity index (χ2n) is 14.5. The summed E-state index contributed by atoms with van der Waals surface area (Å²) in [5.41, 5.74) is 16.5. The Morgan fingerprint density at radius 1 is 0.871 bits per heavy atom. The monoisotopic (exact) mass is 847 g/mol. The van der Waals surface area contributed by atoms with Crippen molar-refractivity contribution in [1.29, 1.82) is 0 Å². The number of nitrogens with zero attached hydrogens (tertiary/aromatic N) is 4. The van der Waals surface area contributed by atoms with E-state index in [-0.39, 0.29) is 5.56 Å². The Kier molecular flexibility index (Phi) is 12.0. The number of aliphatic imine (C=N–C) groups is 1. The van der Waals surface area contributed by atoms with Gasteiger partial charge in [-0.15, -0.1) is 0 Å². The zero-order chi connectivity index (χ0) is 44.1. The molecular formula is C47H41N7O7S. The number of benzene rings is 5. The first-order chi connectivity index (χ1) is 29.6. The Bertz CT molecular complexity index is 3140. The predicted octanol–water partition coefficient (Wildman–Crippen LogP) is 7.90. The summed E-state index contributed by atoms with van der Waals surface area (Å²) in [6, 6.07) is 36.3. The molecule has 14 nitrogen and oxygen atoms in total. The molecule has 0 unspecified atom stereocenters. The Balaban J connectivity index is 0.000000154. The van der Waals surface area contributed by atoms with Crippen molar-refractivity contribution >= 4 is 79.6 Å². The van der Waals surface area contributed by atoms with Crippen molar-refractivity contribution < 1.29 is 28.0 Å². The van der Waals surface area contributed by atoms with E-state index in [0.717, 1.165) is 56.4 Å². The molecule has 5 aromatic carbocycles. The number of nitrogen functional groups attached to an aromatic ring is 1. The molecule has 2 aromatic heterocycles.